The van der Waals surface area contributed by atoms with Gasteiger partial charge in [0.2, 0.25) is 5.91 Å². The molecule has 0 saturated carbocycles. The van der Waals surface area contributed by atoms with Crippen molar-refractivity contribution in [3.63, 3.8) is 0 Å². The molecule has 1 unspecified atom stereocenters. The molecule has 0 bridgehead atoms. The molecule has 1 aliphatic rings. The lowest BCUT2D eigenvalue weighted by Gasteiger charge is -2.32. The van der Waals surface area contributed by atoms with E-state index >= 15 is 0 Å². The normalized spacial score (nSPS) is 18.1. The lowest BCUT2D eigenvalue weighted by molar-refractivity contribution is -0.121. The Hall–Kier alpha value is -1.36. The Morgan fingerprint density at radius 1 is 1.32 bits per heavy atom. The van der Waals surface area contributed by atoms with Gasteiger partial charge in [0, 0.05) is 28.3 Å². The summed E-state index contributed by atoms with van der Waals surface area (Å²) in [5.74, 6) is 0.134. The third-order valence-electron chi connectivity index (χ3n) is 4.60. The largest absolute Gasteiger partial charge is 0.326 e. The molecule has 25 heavy (non-hydrogen) atoms. The first-order valence-electron chi connectivity index (χ1n) is 8.55. The van der Waals surface area contributed by atoms with E-state index in [1.807, 2.05) is 43.3 Å². The number of hydrogen-bond donors (Lipinski definition) is 1. The van der Waals surface area contributed by atoms with Crippen molar-refractivity contribution in [2.45, 2.75) is 26.3 Å². The Morgan fingerprint density at radius 3 is 2.92 bits per heavy atom. The molecule has 2 aromatic carbocycles. The van der Waals surface area contributed by atoms with Gasteiger partial charge in [-0.1, -0.05) is 39.7 Å². The summed E-state index contributed by atoms with van der Waals surface area (Å²) < 4.78 is 1.05. The number of carbonyl (C=O) groups is 1. The Balaban J connectivity index is 1.60. The third-order valence-corrected chi connectivity index (χ3v) is 5.72. The zero-order valence-corrected chi connectivity index (χ0v) is 16.6. The van der Waals surface area contributed by atoms with Crippen LogP contribution >= 0.6 is 27.5 Å². The van der Waals surface area contributed by atoms with Crippen molar-refractivity contribution >= 4 is 39.1 Å². The smallest absolute Gasteiger partial charge is 0.228 e. The van der Waals surface area contributed by atoms with Crippen molar-refractivity contribution in [3.05, 3.63) is 63.1 Å². The number of nitrogens with zero attached hydrogens (tertiary/aromatic N) is 1. The highest BCUT2D eigenvalue weighted by Gasteiger charge is 2.26. The van der Waals surface area contributed by atoms with Gasteiger partial charge in [-0.15, -0.1) is 0 Å². The number of nitrogens with one attached hydrogen (secondary N) is 1. The second-order valence-corrected chi connectivity index (χ2v) is 7.95. The quantitative estimate of drug-likeness (QED) is 0.730. The summed E-state index contributed by atoms with van der Waals surface area (Å²) >= 11 is 9.56. The molecule has 1 heterocycles. The van der Waals surface area contributed by atoms with Crippen LogP contribution in [0.3, 0.4) is 0 Å². The fraction of sp³-hybridized carbons (Fsp3) is 0.350. The van der Waals surface area contributed by atoms with Crippen molar-refractivity contribution in [2.24, 2.45) is 5.92 Å². The topological polar surface area (TPSA) is 32.3 Å². The Bertz CT molecular complexity index is 765. The number of rotatable bonds is 4. The van der Waals surface area contributed by atoms with Crippen LogP contribution in [0.4, 0.5) is 5.69 Å². The van der Waals surface area contributed by atoms with Crippen LogP contribution in [0.2, 0.25) is 5.02 Å². The molecular weight excluding hydrogens is 400 g/mol. The van der Waals surface area contributed by atoms with Crippen LogP contribution in [0.5, 0.6) is 0 Å². The van der Waals surface area contributed by atoms with Crippen molar-refractivity contribution in [1.29, 1.82) is 0 Å². The zero-order chi connectivity index (χ0) is 17.8. The lowest BCUT2D eigenvalue weighted by Crippen LogP contribution is -2.40. The summed E-state index contributed by atoms with van der Waals surface area (Å²) in [6, 6.07) is 13.8. The standard InChI is InChI=1S/C20H22BrClN2O/c1-14-10-18(7-8-19(14)21)23-20(25)16-5-3-9-24(13-16)12-15-4-2-6-17(22)11-15/h2,4,6-8,10-11,16H,3,5,9,12-13H2,1H3,(H,23,25). The van der Waals surface area contributed by atoms with Crippen LogP contribution in [0.1, 0.15) is 24.0 Å². The Kier molecular flexibility index (Phi) is 6.15. The summed E-state index contributed by atoms with van der Waals surface area (Å²) in [4.78, 5) is 15.0. The summed E-state index contributed by atoms with van der Waals surface area (Å²) in [7, 11) is 0. The highest BCUT2D eigenvalue weighted by atomic mass is 79.9. The minimum Gasteiger partial charge on any atom is -0.326 e. The van der Waals surface area contributed by atoms with Crippen molar-refractivity contribution < 1.29 is 4.79 Å². The minimum atomic E-state index is 0.0249. The maximum atomic E-state index is 12.6. The number of likely N-dealkylation sites (tertiary alicyclic amines) is 1. The number of halogens is 2. The monoisotopic (exact) mass is 420 g/mol. The summed E-state index contributed by atoms with van der Waals surface area (Å²) in [6.45, 7) is 4.66. The molecule has 3 rings (SSSR count). The third kappa shape index (κ3) is 5.06. The molecule has 0 aromatic heterocycles. The molecule has 3 nitrogen and oxygen atoms in total. The number of benzene rings is 2. The van der Waals surface area contributed by atoms with E-state index in [1.54, 1.807) is 0 Å². The van der Waals surface area contributed by atoms with Crippen LogP contribution in [-0.2, 0) is 11.3 Å². The maximum absolute atomic E-state index is 12.6. The van der Waals surface area contributed by atoms with Crippen LogP contribution in [0.15, 0.2) is 46.9 Å². The average Bonchev–Trinajstić information content (AvgIpc) is 2.58. The summed E-state index contributed by atoms with van der Waals surface area (Å²) in [6.07, 6.45) is 1.98. The first-order chi connectivity index (χ1) is 12.0. The number of anilines is 1. The predicted octanol–water partition coefficient (Wildman–Crippen LogP) is 5.26. The van der Waals surface area contributed by atoms with Gasteiger partial charge < -0.3 is 5.32 Å². The molecule has 5 heteroatoms. The first kappa shape index (κ1) is 18.4. The molecule has 1 N–H and O–H groups in total. The van der Waals surface area contributed by atoms with Crippen LogP contribution in [0, 0.1) is 12.8 Å². The molecule has 0 spiro atoms. The maximum Gasteiger partial charge on any atom is 0.228 e. The van der Waals surface area contributed by atoms with E-state index in [9.17, 15) is 4.79 Å². The minimum absolute atomic E-state index is 0.0249. The fourth-order valence-electron chi connectivity index (χ4n) is 3.27. The summed E-state index contributed by atoms with van der Waals surface area (Å²) in [5, 5.41) is 3.82. The van der Waals surface area contributed by atoms with Gasteiger partial charge in [0.05, 0.1) is 5.92 Å². The molecule has 0 radical (unpaired) electrons. The van der Waals surface area contributed by atoms with Gasteiger partial charge in [0.25, 0.3) is 0 Å². The van der Waals surface area contributed by atoms with Crippen molar-refractivity contribution in [1.82, 2.24) is 4.90 Å². The Labute approximate surface area is 162 Å². The number of amides is 1. The molecule has 0 aliphatic carbocycles. The highest BCUT2D eigenvalue weighted by molar-refractivity contribution is 9.10. The molecule has 1 aliphatic heterocycles. The van der Waals surface area contributed by atoms with E-state index in [1.165, 1.54) is 5.56 Å². The molecule has 1 atom stereocenters. The van der Waals surface area contributed by atoms with Gasteiger partial charge in [-0.25, -0.2) is 0 Å². The molecule has 2 aromatic rings. The lowest BCUT2D eigenvalue weighted by atomic mass is 9.96. The second kappa shape index (κ2) is 8.35. The van der Waals surface area contributed by atoms with Crippen molar-refractivity contribution in [2.75, 3.05) is 18.4 Å². The molecule has 1 amide bonds. The number of piperidine rings is 1. The zero-order valence-electron chi connectivity index (χ0n) is 14.3. The van der Waals surface area contributed by atoms with Gasteiger partial charge in [0.15, 0.2) is 0 Å². The number of aryl methyl sites for hydroxylation is 1. The highest BCUT2D eigenvalue weighted by Crippen LogP contribution is 2.23. The van der Waals surface area contributed by atoms with Gasteiger partial charge in [0.1, 0.15) is 0 Å². The van der Waals surface area contributed by atoms with Gasteiger partial charge >= 0.3 is 0 Å². The second-order valence-electron chi connectivity index (χ2n) is 6.66. The van der Waals surface area contributed by atoms with Gasteiger partial charge in [-0.3, -0.25) is 9.69 Å². The van der Waals surface area contributed by atoms with E-state index in [4.69, 9.17) is 11.6 Å². The van der Waals surface area contributed by atoms with Crippen molar-refractivity contribution in [3.8, 4) is 0 Å². The average molecular weight is 422 g/mol. The predicted molar refractivity (Wildman–Crippen MR) is 107 cm³/mol. The van der Waals surface area contributed by atoms with E-state index in [0.717, 1.165) is 53.2 Å². The summed E-state index contributed by atoms with van der Waals surface area (Å²) in [5.41, 5.74) is 3.17. The Morgan fingerprint density at radius 2 is 2.16 bits per heavy atom. The number of carbonyl (C=O) groups excluding carboxylic acids is 1. The van der Waals surface area contributed by atoms with Crippen LogP contribution in [-0.4, -0.2) is 23.9 Å². The fourth-order valence-corrected chi connectivity index (χ4v) is 3.73. The van der Waals surface area contributed by atoms with E-state index in [-0.39, 0.29) is 11.8 Å². The number of hydrogen-bond acceptors (Lipinski definition) is 2. The molecule has 132 valence electrons. The first-order valence-corrected chi connectivity index (χ1v) is 9.72. The molecular formula is C20H22BrClN2O. The van der Waals surface area contributed by atoms with E-state index < -0.39 is 0 Å². The van der Waals surface area contributed by atoms with Crippen LogP contribution < -0.4 is 5.32 Å². The molecule has 1 fully saturated rings. The molecule has 1 saturated heterocycles. The van der Waals surface area contributed by atoms with E-state index in [0.29, 0.717) is 0 Å². The van der Waals surface area contributed by atoms with E-state index in [2.05, 4.69) is 32.2 Å². The van der Waals surface area contributed by atoms with Gasteiger partial charge in [-0.2, -0.15) is 0 Å². The van der Waals surface area contributed by atoms with Gasteiger partial charge in [-0.05, 0) is 67.8 Å². The SMILES string of the molecule is Cc1cc(NC(=O)C2CCCN(Cc3cccc(Cl)c3)C2)ccc1Br. The van der Waals surface area contributed by atoms with Crippen LogP contribution in [0.25, 0.3) is 0 Å².